The molecule has 1 atom stereocenters. The Morgan fingerprint density at radius 3 is 2.25 bits per heavy atom. The second-order valence-electron chi connectivity index (χ2n) is 5.98. The SMILES string of the molecule is C#CCNS(=O)(=O)c1ccc(C(=O)OC(C(=O)N(C)C)c2ccccc2)cc1. The van der Waals surface area contributed by atoms with E-state index in [-0.39, 0.29) is 17.0 Å². The molecule has 0 bridgehead atoms. The number of ether oxygens (including phenoxy) is 1. The number of likely N-dealkylation sites (N-methyl/N-ethyl adjacent to an activating group) is 1. The molecule has 0 spiro atoms. The van der Waals surface area contributed by atoms with Crippen molar-refractivity contribution in [3.8, 4) is 12.3 Å². The van der Waals surface area contributed by atoms with Crippen molar-refractivity contribution in [1.29, 1.82) is 0 Å². The Kier molecular flexibility index (Phi) is 6.93. The fraction of sp³-hybridized carbons (Fsp3) is 0.200. The van der Waals surface area contributed by atoms with Gasteiger partial charge in [-0.05, 0) is 24.3 Å². The molecule has 0 saturated carbocycles. The van der Waals surface area contributed by atoms with Crippen LogP contribution in [0.5, 0.6) is 0 Å². The predicted molar refractivity (Wildman–Crippen MR) is 104 cm³/mol. The van der Waals surface area contributed by atoms with Crippen LogP contribution < -0.4 is 4.72 Å². The van der Waals surface area contributed by atoms with Gasteiger partial charge in [-0.15, -0.1) is 6.42 Å². The highest BCUT2D eigenvalue weighted by molar-refractivity contribution is 7.89. The van der Waals surface area contributed by atoms with Crippen LogP contribution in [0.4, 0.5) is 0 Å². The molecule has 7 nitrogen and oxygen atoms in total. The smallest absolute Gasteiger partial charge is 0.339 e. The molecular formula is C20H20N2O5S. The van der Waals surface area contributed by atoms with Crippen molar-refractivity contribution in [1.82, 2.24) is 9.62 Å². The Labute approximate surface area is 164 Å². The van der Waals surface area contributed by atoms with E-state index in [9.17, 15) is 18.0 Å². The lowest BCUT2D eigenvalue weighted by Crippen LogP contribution is -2.31. The molecule has 28 heavy (non-hydrogen) atoms. The van der Waals surface area contributed by atoms with Crippen LogP contribution in [0.3, 0.4) is 0 Å². The summed E-state index contributed by atoms with van der Waals surface area (Å²) in [6.45, 7) is -0.141. The van der Waals surface area contributed by atoms with Crippen molar-refractivity contribution in [2.24, 2.45) is 0 Å². The van der Waals surface area contributed by atoms with Crippen molar-refractivity contribution < 1.29 is 22.7 Å². The van der Waals surface area contributed by atoms with Gasteiger partial charge >= 0.3 is 5.97 Å². The molecule has 0 aromatic heterocycles. The monoisotopic (exact) mass is 400 g/mol. The maximum absolute atomic E-state index is 12.5. The third-order valence-corrected chi connectivity index (χ3v) is 5.17. The summed E-state index contributed by atoms with van der Waals surface area (Å²) in [4.78, 5) is 26.2. The minimum Gasteiger partial charge on any atom is -0.444 e. The lowest BCUT2D eigenvalue weighted by molar-refractivity contribution is -0.138. The van der Waals surface area contributed by atoms with Gasteiger partial charge in [-0.25, -0.2) is 13.2 Å². The third kappa shape index (κ3) is 5.19. The van der Waals surface area contributed by atoms with Gasteiger partial charge in [0.1, 0.15) is 0 Å². The zero-order valence-electron chi connectivity index (χ0n) is 15.5. The topological polar surface area (TPSA) is 92.8 Å². The van der Waals surface area contributed by atoms with E-state index in [0.717, 1.165) is 0 Å². The summed E-state index contributed by atoms with van der Waals surface area (Å²) >= 11 is 0. The predicted octanol–water partition coefficient (Wildman–Crippen LogP) is 1.58. The maximum atomic E-state index is 12.5. The lowest BCUT2D eigenvalue weighted by atomic mass is 10.1. The van der Waals surface area contributed by atoms with Crippen LogP contribution >= 0.6 is 0 Å². The molecule has 2 aromatic carbocycles. The molecule has 146 valence electrons. The third-order valence-electron chi connectivity index (χ3n) is 3.76. The van der Waals surface area contributed by atoms with Crippen molar-refractivity contribution >= 4 is 21.9 Å². The normalized spacial score (nSPS) is 11.9. The van der Waals surface area contributed by atoms with Crippen LogP contribution in [-0.4, -0.2) is 45.8 Å². The molecule has 1 unspecified atom stereocenters. The Hall–Kier alpha value is -3.15. The molecule has 0 radical (unpaired) electrons. The number of benzene rings is 2. The molecule has 0 aliphatic heterocycles. The fourth-order valence-corrected chi connectivity index (χ4v) is 3.22. The summed E-state index contributed by atoms with van der Waals surface area (Å²) in [5.74, 6) is 1.04. The number of carbonyl (C=O) groups is 2. The van der Waals surface area contributed by atoms with E-state index in [0.29, 0.717) is 5.56 Å². The van der Waals surface area contributed by atoms with Gasteiger partial charge in [0, 0.05) is 19.7 Å². The van der Waals surface area contributed by atoms with E-state index >= 15 is 0 Å². The van der Waals surface area contributed by atoms with E-state index in [1.165, 1.54) is 29.2 Å². The van der Waals surface area contributed by atoms with E-state index < -0.39 is 28.0 Å². The van der Waals surface area contributed by atoms with Crippen LogP contribution in [-0.2, 0) is 19.6 Å². The highest BCUT2D eigenvalue weighted by Gasteiger charge is 2.27. The van der Waals surface area contributed by atoms with Crippen molar-refractivity contribution in [3.63, 3.8) is 0 Å². The van der Waals surface area contributed by atoms with Gasteiger partial charge in [0.05, 0.1) is 17.0 Å². The van der Waals surface area contributed by atoms with Crippen LogP contribution in [0.2, 0.25) is 0 Å². The van der Waals surface area contributed by atoms with E-state index in [1.807, 2.05) is 0 Å². The summed E-state index contributed by atoms with van der Waals surface area (Å²) in [7, 11) is -0.632. The largest absolute Gasteiger partial charge is 0.444 e. The van der Waals surface area contributed by atoms with Crippen LogP contribution in [0.15, 0.2) is 59.5 Å². The van der Waals surface area contributed by atoms with Gasteiger partial charge in [0.25, 0.3) is 5.91 Å². The molecule has 0 fully saturated rings. The number of nitrogens with zero attached hydrogens (tertiary/aromatic N) is 1. The standard InChI is InChI=1S/C20H20N2O5S/c1-4-14-21-28(25,26)17-12-10-16(11-13-17)20(24)27-18(19(23)22(2)3)15-8-6-5-7-9-15/h1,5-13,18,21H,14H2,2-3H3. The van der Waals surface area contributed by atoms with Gasteiger partial charge in [-0.1, -0.05) is 36.3 Å². The molecular weight excluding hydrogens is 380 g/mol. The van der Waals surface area contributed by atoms with Gasteiger partial charge in [0.2, 0.25) is 16.1 Å². The highest BCUT2D eigenvalue weighted by Crippen LogP contribution is 2.21. The average Bonchev–Trinajstić information content (AvgIpc) is 2.70. The average molecular weight is 400 g/mol. The summed E-state index contributed by atoms with van der Waals surface area (Å²) < 4.78 is 31.7. The molecule has 1 amide bonds. The number of amides is 1. The summed E-state index contributed by atoms with van der Waals surface area (Å²) in [5, 5.41) is 0. The Morgan fingerprint density at radius 1 is 1.11 bits per heavy atom. The lowest BCUT2D eigenvalue weighted by Gasteiger charge is -2.21. The minimum atomic E-state index is -3.76. The number of terminal acetylenes is 1. The van der Waals surface area contributed by atoms with Crippen LogP contribution in [0, 0.1) is 12.3 Å². The van der Waals surface area contributed by atoms with Gasteiger partial charge in [-0.2, -0.15) is 4.72 Å². The van der Waals surface area contributed by atoms with Crippen LogP contribution in [0.25, 0.3) is 0 Å². The zero-order valence-corrected chi connectivity index (χ0v) is 16.3. The molecule has 0 aliphatic rings. The van der Waals surface area contributed by atoms with Gasteiger partial charge in [-0.3, -0.25) is 4.79 Å². The quantitative estimate of drug-likeness (QED) is 0.563. The molecule has 2 rings (SSSR count). The van der Waals surface area contributed by atoms with Crippen molar-refractivity contribution in [3.05, 3.63) is 65.7 Å². The van der Waals surface area contributed by atoms with Crippen molar-refractivity contribution in [2.75, 3.05) is 20.6 Å². The number of hydrogen-bond acceptors (Lipinski definition) is 5. The number of rotatable bonds is 7. The maximum Gasteiger partial charge on any atom is 0.339 e. The fourth-order valence-electron chi connectivity index (χ4n) is 2.29. The first kappa shape index (κ1) is 21.2. The van der Waals surface area contributed by atoms with E-state index in [1.54, 1.807) is 44.4 Å². The minimum absolute atomic E-state index is 0.0386. The summed E-state index contributed by atoms with van der Waals surface area (Å²) in [5.41, 5.74) is 0.649. The van der Waals surface area contributed by atoms with Crippen molar-refractivity contribution in [2.45, 2.75) is 11.0 Å². The molecule has 1 N–H and O–H groups in total. The number of hydrogen-bond donors (Lipinski definition) is 1. The van der Waals surface area contributed by atoms with E-state index in [2.05, 4.69) is 10.6 Å². The molecule has 8 heteroatoms. The Morgan fingerprint density at radius 2 is 1.71 bits per heavy atom. The first-order valence-electron chi connectivity index (χ1n) is 8.26. The molecule has 0 saturated heterocycles. The second-order valence-corrected chi connectivity index (χ2v) is 7.75. The summed E-state index contributed by atoms with van der Waals surface area (Å²) in [6.07, 6.45) is 3.94. The second kappa shape index (κ2) is 9.17. The molecule has 0 aliphatic carbocycles. The molecule has 2 aromatic rings. The Balaban J connectivity index is 2.22. The number of carbonyl (C=O) groups excluding carboxylic acids is 2. The first-order chi connectivity index (χ1) is 13.3. The van der Waals surface area contributed by atoms with E-state index in [4.69, 9.17) is 11.2 Å². The zero-order chi connectivity index (χ0) is 20.7. The number of nitrogens with one attached hydrogen (secondary N) is 1. The first-order valence-corrected chi connectivity index (χ1v) is 9.75. The summed E-state index contributed by atoms with van der Waals surface area (Å²) in [6, 6.07) is 13.8. The molecule has 0 heterocycles. The highest BCUT2D eigenvalue weighted by atomic mass is 32.2. The van der Waals surface area contributed by atoms with Gasteiger partial charge < -0.3 is 9.64 Å². The number of sulfonamides is 1. The Bertz CT molecular complexity index is 978. The van der Waals surface area contributed by atoms with Gasteiger partial charge in [0.15, 0.2) is 0 Å². The van der Waals surface area contributed by atoms with Crippen LogP contribution in [0.1, 0.15) is 22.0 Å². The number of esters is 1.